The molecule has 0 bridgehead atoms. The van der Waals surface area contributed by atoms with E-state index in [1.807, 2.05) is 50.3 Å². The maximum absolute atomic E-state index is 5.77. The average Bonchev–Trinajstić information content (AvgIpc) is 2.50. The third kappa shape index (κ3) is 5.02. The normalized spacial score (nSPS) is 9.35. The molecule has 0 aliphatic heterocycles. The van der Waals surface area contributed by atoms with E-state index in [-0.39, 0.29) is 5.28 Å². The number of rotatable bonds is 5. The van der Waals surface area contributed by atoms with Crippen molar-refractivity contribution in [1.29, 1.82) is 0 Å². The number of ether oxygens (including phenoxy) is 1. The molecule has 2 aromatic rings. The molecule has 1 aromatic heterocycles. The van der Waals surface area contributed by atoms with Gasteiger partial charge < -0.3 is 4.74 Å². The summed E-state index contributed by atoms with van der Waals surface area (Å²) in [4.78, 5) is 8.02. The fourth-order valence-electron chi connectivity index (χ4n) is 1.50. The second-order valence-corrected chi connectivity index (χ2v) is 4.00. The first-order valence-corrected chi connectivity index (χ1v) is 7.00. The Morgan fingerprint density at radius 2 is 2.10 bits per heavy atom. The Labute approximate surface area is 125 Å². The summed E-state index contributed by atoms with van der Waals surface area (Å²) in [7, 11) is 0. The quantitative estimate of drug-likeness (QED) is 0.452. The highest BCUT2D eigenvalue weighted by molar-refractivity contribution is 6.28. The zero-order valence-electron chi connectivity index (χ0n) is 11.8. The van der Waals surface area contributed by atoms with Crippen LogP contribution in [0.5, 0.6) is 5.75 Å². The number of aromatic nitrogens is 2. The van der Waals surface area contributed by atoms with E-state index in [1.54, 1.807) is 6.20 Å². The molecule has 0 amide bonds. The van der Waals surface area contributed by atoms with E-state index < -0.39 is 0 Å². The summed E-state index contributed by atoms with van der Waals surface area (Å²) >= 11 is 5.77. The van der Waals surface area contributed by atoms with E-state index in [1.165, 1.54) is 0 Å². The molecule has 0 saturated carbocycles. The molecule has 1 aromatic carbocycles. The number of hydrogen-bond acceptors (Lipinski definition) is 3. The minimum Gasteiger partial charge on any atom is -0.493 e. The van der Waals surface area contributed by atoms with Gasteiger partial charge in [-0.2, -0.15) is 0 Å². The maximum atomic E-state index is 5.77. The van der Waals surface area contributed by atoms with Crippen molar-refractivity contribution in [1.82, 2.24) is 9.97 Å². The first kappa shape index (κ1) is 16.2. The number of nitrogens with zero attached hydrogens (tertiary/aromatic N) is 2. The summed E-state index contributed by atoms with van der Waals surface area (Å²) in [6.45, 7) is 8.28. The van der Waals surface area contributed by atoms with Crippen molar-refractivity contribution in [2.24, 2.45) is 0 Å². The van der Waals surface area contributed by atoms with Crippen LogP contribution in [-0.4, -0.2) is 16.6 Å². The largest absolute Gasteiger partial charge is 0.493 e. The number of benzene rings is 1. The number of halogens is 1. The second kappa shape index (κ2) is 9.10. The van der Waals surface area contributed by atoms with E-state index in [4.69, 9.17) is 16.3 Å². The zero-order valence-corrected chi connectivity index (χ0v) is 12.6. The third-order valence-corrected chi connectivity index (χ3v) is 2.53. The van der Waals surface area contributed by atoms with Gasteiger partial charge in [-0.05, 0) is 36.2 Å². The third-order valence-electron chi connectivity index (χ3n) is 2.35. The second-order valence-electron chi connectivity index (χ2n) is 3.66. The van der Waals surface area contributed by atoms with Gasteiger partial charge in [0.05, 0.1) is 12.3 Å². The lowest BCUT2D eigenvalue weighted by molar-refractivity contribution is 0.325. The number of hydrogen-bond donors (Lipinski definition) is 0. The lowest BCUT2D eigenvalue weighted by atomic mass is 10.1. The summed E-state index contributed by atoms with van der Waals surface area (Å²) in [6, 6.07) is 9.54. The summed E-state index contributed by atoms with van der Waals surface area (Å²) in [5.74, 6) is 0.809. The smallest absolute Gasteiger partial charge is 0.222 e. The first-order chi connectivity index (χ1) is 9.79. The van der Waals surface area contributed by atoms with E-state index in [9.17, 15) is 0 Å². The van der Waals surface area contributed by atoms with Gasteiger partial charge in [0.2, 0.25) is 5.28 Å². The average molecular weight is 291 g/mol. The molecule has 0 aliphatic rings. The molecule has 0 atom stereocenters. The molecule has 3 nitrogen and oxygen atoms in total. The monoisotopic (exact) mass is 290 g/mol. The molecule has 0 N–H and O–H groups in total. The van der Waals surface area contributed by atoms with Crippen molar-refractivity contribution in [2.75, 3.05) is 6.61 Å². The van der Waals surface area contributed by atoms with Crippen LogP contribution in [0.15, 0.2) is 49.2 Å². The van der Waals surface area contributed by atoms with Gasteiger partial charge in [-0.25, -0.2) is 9.97 Å². The molecule has 0 fully saturated rings. The minimum absolute atomic E-state index is 0.241. The van der Waals surface area contributed by atoms with E-state index >= 15 is 0 Å². The lowest BCUT2D eigenvalue weighted by Gasteiger charge is -2.06. The summed E-state index contributed by atoms with van der Waals surface area (Å²) in [6.07, 6.45) is 4.29. The molecule has 0 radical (unpaired) electrons. The van der Waals surface area contributed by atoms with Crippen molar-refractivity contribution in [3.8, 4) is 17.0 Å². The molecule has 0 spiro atoms. The van der Waals surface area contributed by atoms with Crippen LogP contribution in [0.25, 0.3) is 11.3 Å². The topological polar surface area (TPSA) is 35.0 Å². The molecule has 106 valence electrons. The Hall–Kier alpha value is -1.87. The van der Waals surface area contributed by atoms with E-state index in [0.29, 0.717) is 6.61 Å². The Bertz CT molecular complexity index is 544. The van der Waals surface area contributed by atoms with Crippen molar-refractivity contribution in [3.63, 3.8) is 0 Å². The fraction of sp³-hybridized carbons (Fsp3) is 0.250. The van der Waals surface area contributed by atoms with E-state index in [0.717, 1.165) is 23.4 Å². The predicted octanol–water partition coefficient (Wildman–Crippen LogP) is 4.78. The predicted molar refractivity (Wildman–Crippen MR) is 84.1 cm³/mol. The summed E-state index contributed by atoms with van der Waals surface area (Å²) in [5, 5.41) is 0.241. The summed E-state index contributed by atoms with van der Waals surface area (Å²) < 4.78 is 5.59. The van der Waals surface area contributed by atoms with Crippen LogP contribution < -0.4 is 4.74 Å². The molecule has 0 aliphatic carbocycles. The Kier molecular flexibility index (Phi) is 7.36. The summed E-state index contributed by atoms with van der Waals surface area (Å²) in [5.41, 5.74) is 1.74. The van der Waals surface area contributed by atoms with Gasteiger partial charge in [-0.3, -0.25) is 0 Å². The van der Waals surface area contributed by atoms with Crippen LogP contribution in [0, 0.1) is 0 Å². The molecule has 0 saturated heterocycles. The van der Waals surface area contributed by atoms with Crippen LogP contribution in [0.4, 0.5) is 0 Å². The van der Waals surface area contributed by atoms with Crippen molar-refractivity contribution in [2.45, 2.75) is 20.3 Å². The van der Waals surface area contributed by atoms with Gasteiger partial charge in [0.25, 0.3) is 0 Å². The van der Waals surface area contributed by atoms with Gasteiger partial charge in [-0.15, -0.1) is 6.58 Å². The highest BCUT2D eigenvalue weighted by Crippen LogP contribution is 2.22. The van der Waals surface area contributed by atoms with E-state index in [2.05, 4.69) is 16.5 Å². The Balaban J connectivity index is 0.000000956. The Morgan fingerprint density at radius 1 is 1.30 bits per heavy atom. The Morgan fingerprint density at radius 3 is 2.80 bits per heavy atom. The minimum atomic E-state index is 0.241. The zero-order chi connectivity index (χ0) is 14.8. The molecule has 2 rings (SSSR count). The van der Waals surface area contributed by atoms with Crippen LogP contribution in [0.3, 0.4) is 0 Å². The standard InChI is InChI=1S/C14H13ClN2O.C2H6/c1-2-3-9-18-12-6-4-5-11(10-12)13-7-8-16-14(15)17-13;1-2/h2,4-8,10H,1,3,9H2;1-2H3. The molecular weight excluding hydrogens is 272 g/mol. The van der Waals surface area contributed by atoms with Gasteiger partial charge in [-0.1, -0.05) is 32.1 Å². The van der Waals surface area contributed by atoms with Crippen molar-refractivity contribution < 1.29 is 4.74 Å². The molecular formula is C16H19ClN2O. The van der Waals surface area contributed by atoms with Crippen molar-refractivity contribution >= 4 is 11.6 Å². The fourth-order valence-corrected chi connectivity index (χ4v) is 1.65. The van der Waals surface area contributed by atoms with Crippen LogP contribution >= 0.6 is 11.6 Å². The van der Waals surface area contributed by atoms with Crippen LogP contribution in [0.2, 0.25) is 5.28 Å². The van der Waals surface area contributed by atoms with Crippen LogP contribution in [0.1, 0.15) is 20.3 Å². The molecule has 1 heterocycles. The first-order valence-electron chi connectivity index (χ1n) is 6.62. The lowest BCUT2D eigenvalue weighted by Crippen LogP contribution is -1.95. The maximum Gasteiger partial charge on any atom is 0.222 e. The van der Waals surface area contributed by atoms with Gasteiger partial charge in [0.1, 0.15) is 5.75 Å². The molecule has 0 unspecified atom stereocenters. The molecule has 20 heavy (non-hydrogen) atoms. The highest BCUT2D eigenvalue weighted by atomic mass is 35.5. The van der Waals surface area contributed by atoms with Crippen molar-refractivity contribution in [3.05, 3.63) is 54.5 Å². The van der Waals surface area contributed by atoms with Crippen LogP contribution in [-0.2, 0) is 0 Å². The molecule has 4 heteroatoms. The highest BCUT2D eigenvalue weighted by Gasteiger charge is 2.02. The SMILES string of the molecule is C=CCCOc1cccc(-c2ccnc(Cl)n2)c1.CC. The van der Waals surface area contributed by atoms with Gasteiger partial charge in [0, 0.05) is 11.8 Å². The van der Waals surface area contributed by atoms with Gasteiger partial charge in [0.15, 0.2) is 0 Å². The van der Waals surface area contributed by atoms with Gasteiger partial charge >= 0.3 is 0 Å².